The number of nitrogens with zero attached hydrogens (tertiary/aromatic N) is 3. The minimum Gasteiger partial charge on any atom is -0.491 e. The SMILES string of the molecule is COc1cc2nc3c(c(NC4CCCN(C(=O)OC(C)(C)C)C4)c2nc1OC)CCC3. The molecule has 1 N–H and O–H groups in total. The zero-order valence-electron chi connectivity index (χ0n) is 19.1. The number of piperidine rings is 1. The lowest BCUT2D eigenvalue weighted by atomic mass is 10.0. The van der Waals surface area contributed by atoms with Gasteiger partial charge in [-0.1, -0.05) is 0 Å². The lowest BCUT2D eigenvalue weighted by Crippen LogP contribution is -2.47. The number of hydrogen-bond donors (Lipinski definition) is 1. The standard InChI is InChI=1S/C23H32N4O4/c1-23(2,3)31-22(28)27-11-7-8-14(13-27)24-19-15-9-6-10-16(15)25-17-12-18(29-4)21(30-5)26-20(17)19/h12,14H,6-11,13H2,1-5H3,(H,24,25). The zero-order chi connectivity index (χ0) is 22.2. The molecule has 0 bridgehead atoms. The van der Waals surface area contributed by atoms with Gasteiger partial charge >= 0.3 is 6.09 Å². The van der Waals surface area contributed by atoms with E-state index in [0.717, 1.165) is 54.5 Å². The minimum atomic E-state index is -0.501. The third-order valence-corrected chi connectivity index (χ3v) is 5.75. The molecule has 1 fully saturated rings. The second-order valence-corrected chi connectivity index (χ2v) is 9.24. The predicted molar refractivity (Wildman–Crippen MR) is 119 cm³/mol. The maximum absolute atomic E-state index is 12.6. The van der Waals surface area contributed by atoms with Crippen LogP contribution in [0.1, 0.15) is 51.3 Å². The van der Waals surface area contributed by atoms with Crippen LogP contribution in [0.25, 0.3) is 11.0 Å². The fourth-order valence-electron chi connectivity index (χ4n) is 4.39. The molecule has 3 heterocycles. The van der Waals surface area contributed by atoms with Crippen LogP contribution >= 0.6 is 0 Å². The summed E-state index contributed by atoms with van der Waals surface area (Å²) in [6, 6.07) is 2.00. The quantitative estimate of drug-likeness (QED) is 0.789. The fourth-order valence-corrected chi connectivity index (χ4v) is 4.39. The van der Waals surface area contributed by atoms with Gasteiger partial charge in [-0.15, -0.1) is 0 Å². The van der Waals surface area contributed by atoms with Crippen molar-refractivity contribution in [2.45, 2.75) is 64.5 Å². The van der Waals surface area contributed by atoms with Crippen molar-refractivity contribution in [3.8, 4) is 11.6 Å². The van der Waals surface area contributed by atoms with Crippen LogP contribution < -0.4 is 14.8 Å². The van der Waals surface area contributed by atoms with Crippen LogP contribution in [0.3, 0.4) is 0 Å². The Kier molecular flexibility index (Phi) is 5.81. The highest BCUT2D eigenvalue weighted by molar-refractivity contribution is 5.92. The summed E-state index contributed by atoms with van der Waals surface area (Å²) in [6.45, 7) is 6.99. The summed E-state index contributed by atoms with van der Waals surface area (Å²) in [5, 5.41) is 3.71. The highest BCUT2D eigenvalue weighted by atomic mass is 16.6. The number of hydrogen-bond acceptors (Lipinski definition) is 7. The van der Waals surface area contributed by atoms with Crippen molar-refractivity contribution in [3.63, 3.8) is 0 Å². The van der Waals surface area contributed by atoms with Gasteiger partial charge in [0.25, 0.3) is 5.88 Å². The molecule has 0 radical (unpaired) electrons. The summed E-state index contributed by atoms with van der Waals surface area (Å²) >= 11 is 0. The molecule has 1 aliphatic carbocycles. The van der Waals surface area contributed by atoms with Crippen LogP contribution in [-0.2, 0) is 17.6 Å². The molecule has 1 aliphatic heterocycles. The number of carbonyl (C=O) groups is 1. The molecular weight excluding hydrogens is 396 g/mol. The van der Waals surface area contributed by atoms with Gasteiger partial charge in [0.05, 0.1) is 25.4 Å². The Labute approximate surface area is 183 Å². The molecule has 8 heteroatoms. The number of amides is 1. The summed E-state index contributed by atoms with van der Waals surface area (Å²) in [5.74, 6) is 1.01. The molecule has 0 saturated carbocycles. The second-order valence-electron chi connectivity index (χ2n) is 9.24. The van der Waals surface area contributed by atoms with Crippen molar-refractivity contribution in [3.05, 3.63) is 17.3 Å². The lowest BCUT2D eigenvalue weighted by molar-refractivity contribution is 0.0206. The largest absolute Gasteiger partial charge is 0.491 e. The molecule has 8 nitrogen and oxygen atoms in total. The monoisotopic (exact) mass is 428 g/mol. The molecular formula is C23H32N4O4. The number of anilines is 1. The van der Waals surface area contributed by atoms with E-state index in [1.807, 2.05) is 26.8 Å². The first-order valence-corrected chi connectivity index (χ1v) is 11.0. The molecule has 1 amide bonds. The van der Waals surface area contributed by atoms with Crippen molar-refractivity contribution in [2.24, 2.45) is 0 Å². The average Bonchev–Trinajstić information content (AvgIpc) is 3.20. The number of aryl methyl sites for hydroxylation is 1. The van der Waals surface area contributed by atoms with Gasteiger partial charge < -0.3 is 24.4 Å². The van der Waals surface area contributed by atoms with E-state index in [1.54, 1.807) is 19.1 Å². The van der Waals surface area contributed by atoms with Crippen LogP contribution in [0.2, 0.25) is 0 Å². The molecule has 1 unspecified atom stereocenters. The Morgan fingerprint density at radius 1 is 1.16 bits per heavy atom. The van der Waals surface area contributed by atoms with E-state index < -0.39 is 5.60 Å². The number of ether oxygens (including phenoxy) is 3. The van der Waals surface area contributed by atoms with Crippen LogP contribution in [0, 0.1) is 0 Å². The molecule has 2 aromatic rings. The van der Waals surface area contributed by atoms with Crippen LogP contribution in [0.15, 0.2) is 6.07 Å². The van der Waals surface area contributed by atoms with E-state index >= 15 is 0 Å². The minimum absolute atomic E-state index is 0.117. The number of aromatic nitrogens is 2. The Balaban J connectivity index is 1.65. The number of methoxy groups -OCH3 is 2. The molecule has 2 aromatic heterocycles. The molecule has 31 heavy (non-hydrogen) atoms. The molecule has 0 spiro atoms. The Morgan fingerprint density at radius 3 is 2.68 bits per heavy atom. The summed E-state index contributed by atoms with van der Waals surface area (Å²) in [6.07, 6.45) is 4.66. The third-order valence-electron chi connectivity index (χ3n) is 5.75. The number of nitrogens with one attached hydrogen (secondary N) is 1. The smallest absolute Gasteiger partial charge is 0.410 e. The molecule has 1 atom stereocenters. The molecule has 168 valence electrons. The molecule has 4 rings (SSSR count). The topological polar surface area (TPSA) is 85.8 Å². The third kappa shape index (κ3) is 4.48. The summed E-state index contributed by atoms with van der Waals surface area (Å²) < 4.78 is 16.5. The van der Waals surface area contributed by atoms with Crippen molar-refractivity contribution in [1.82, 2.24) is 14.9 Å². The van der Waals surface area contributed by atoms with Gasteiger partial charge in [-0.05, 0) is 58.4 Å². The Morgan fingerprint density at radius 2 is 1.97 bits per heavy atom. The van der Waals surface area contributed by atoms with E-state index in [0.29, 0.717) is 24.7 Å². The van der Waals surface area contributed by atoms with Gasteiger partial charge in [0.1, 0.15) is 11.1 Å². The van der Waals surface area contributed by atoms with E-state index in [2.05, 4.69) is 5.32 Å². The highest BCUT2D eigenvalue weighted by Gasteiger charge is 2.30. The van der Waals surface area contributed by atoms with Gasteiger partial charge in [0.2, 0.25) is 0 Å². The first kappa shape index (κ1) is 21.5. The van der Waals surface area contributed by atoms with Crippen molar-refractivity contribution < 1.29 is 19.0 Å². The van der Waals surface area contributed by atoms with Crippen LogP contribution in [0.5, 0.6) is 11.6 Å². The highest BCUT2D eigenvalue weighted by Crippen LogP contribution is 2.38. The number of pyridine rings is 2. The van der Waals surface area contributed by atoms with Crippen LogP contribution in [-0.4, -0.2) is 59.9 Å². The number of likely N-dealkylation sites (tertiary alicyclic amines) is 1. The lowest BCUT2D eigenvalue weighted by Gasteiger charge is -2.35. The summed E-state index contributed by atoms with van der Waals surface area (Å²) in [4.78, 5) is 24.0. The predicted octanol–water partition coefficient (Wildman–Crippen LogP) is 3.95. The van der Waals surface area contributed by atoms with Gasteiger partial charge in [0, 0.05) is 30.9 Å². The van der Waals surface area contributed by atoms with Gasteiger partial charge in [-0.25, -0.2) is 9.78 Å². The normalized spacial score (nSPS) is 18.6. The van der Waals surface area contributed by atoms with Gasteiger partial charge in [0.15, 0.2) is 5.75 Å². The fraction of sp³-hybridized carbons (Fsp3) is 0.609. The Bertz CT molecular complexity index is 986. The molecule has 0 aromatic carbocycles. The maximum atomic E-state index is 12.6. The molecule has 2 aliphatic rings. The zero-order valence-corrected chi connectivity index (χ0v) is 19.1. The number of carbonyl (C=O) groups excluding carboxylic acids is 1. The van der Waals surface area contributed by atoms with E-state index in [1.165, 1.54) is 5.56 Å². The first-order valence-electron chi connectivity index (χ1n) is 11.0. The van der Waals surface area contributed by atoms with E-state index in [4.69, 9.17) is 24.2 Å². The van der Waals surface area contributed by atoms with Gasteiger partial charge in [-0.3, -0.25) is 4.98 Å². The summed E-state index contributed by atoms with van der Waals surface area (Å²) in [5.41, 5.74) is 4.42. The van der Waals surface area contributed by atoms with Crippen molar-refractivity contribution in [1.29, 1.82) is 0 Å². The van der Waals surface area contributed by atoms with E-state index in [9.17, 15) is 4.79 Å². The Hall–Kier alpha value is -2.77. The summed E-state index contributed by atoms with van der Waals surface area (Å²) in [7, 11) is 3.19. The van der Waals surface area contributed by atoms with Crippen molar-refractivity contribution in [2.75, 3.05) is 32.6 Å². The first-order chi connectivity index (χ1) is 14.8. The van der Waals surface area contributed by atoms with E-state index in [-0.39, 0.29) is 12.1 Å². The molecule has 1 saturated heterocycles. The van der Waals surface area contributed by atoms with Gasteiger partial charge in [-0.2, -0.15) is 0 Å². The maximum Gasteiger partial charge on any atom is 0.410 e. The number of rotatable bonds is 4. The van der Waals surface area contributed by atoms with Crippen LogP contribution in [0.4, 0.5) is 10.5 Å². The van der Waals surface area contributed by atoms with Crippen molar-refractivity contribution >= 4 is 22.8 Å². The average molecular weight is 429 g/mol. The number of fused-ring (bicyclic) bond motifs is 2. The second kappa shape index (κ2) is 8.40.